The van der Waals surface area contributed by atoms with Gasteiger partial charge in [0.1, 0.15) is 12.1 Å². The Balaban J connectivity index is 1.67. The fourth-order valence-corrected chi connectivity index (χ4v) is 3.55. The summed E-state index contributed by atoms with van der Waals surface area (Å²) in [5.74, 6) is 1.03. The Morgan fingerprint density at radius 3 is 3.05 bits per heavy atom. The Hall–Kier alpha value is -1.94. The topological polar surface area (TPSA) is 41.0 Å². The molecule has 0 bridgehead atoms. The van der Waals surface area contributed by atoms with Gasteiger partial charge < -0.3 is 10.2 Å². The normalized spacial score (nSPS) is 21.3. The lowest BCUT2D eigenvalue weighted by Gasteiger charge is -2.32. The number of rotatable bonds is 2. The first kappa shape index (κ1) is 12.8. The van der Waals surface area contributed by atoms with Crippen LogP contribution in [0.4, 0.5) is 5.82 Å². The number of anilines is 1. The maximum absolute atomic E-state index is 4.40. The largest absolute Gasteiger partial charge is 0.352 e. The first-order valence-electron chi connectivity index (χ1n) is 7.77. The molecular weight excluding hydrogens is 260 g/mol. The van der Waals surface area contributed by atoms with E-state index in [1.165, 1.54) is 29.5 Å². The zero-order chi connectivity index (χ0) is 14.1. The van der Waals surface area contributed by atoms with Crippen LogP contribution in [-0.2, 0) is 13.0 Å². The quantitative estimate of drug-likeness (QED) is 0.917. The van der Waals surface area contributed by atoms with Gasteiger partial charge in [-0.15, -0.1) is 0 Å². The van der Waals surface area contributed by atoms with Crippen LogP contribution in [0, 0.1) is 0 Å². The van der Waals surface area contributed by atoms with Gasteiger partial charge in [0.05, 0.1) is 0 Å². The number of hydrogen-bond donors (Lipinski definition) is 1. The number of nitrogens with zero attached hydrogens (tertiary/aromatic N) is 3. The molecule has 4 nitrogen and oxygen atoms in total. The lowest BCUT2D eigenvalue weighted by Crippen LogP contribution is -2.32. The van der Waals surface area contributed by atoms with Gasteiger partial charge in [-0.25, -0.2) is 9.97 Å². The van der Waals surface area contributed by atoms with E-state index in [-0.39, 0.29) is 0 Å². The number of benzene rings is 1. The average Bonchev–Trinajstić information content (AvgIpc) is 3.09. The van der Waals surface area contributed by atoms with E-state index in [1.54, 1.807) is 6.33 Å². The Morgan fingerprint density at radius 2 is 2.24 bits per heavy atom. The van der Waals surface area contributed by atoms with Crippen molar-refractivity contribution in [3.63, 3.8) is 0 Å². The number of hydrogen-bond acceptors (Lipinski definition) is 4. The third-order valence-electron chi connectivity index (χ3n) is 4.64. The molecule has 0 spiro atoms. The highest BCUT2D eigenvalue weighted by Gasteiger charge is 2.24. The standard InChI is InChI=1S/C17H20N4/c1-3-13-7-10-21(17-6-9-18-12-20-17)11-15(13)14(4-1)16-5-2-8-19-16/h1,3-4,6,9,12,16,19H,2,5,7-8,10-11H2. The van der Waals surface area contributed by atoms with Crippen LogP contribution in [0.1, 0.15) is 35.6 Å². The zero-order valence-electron chi connectivity index (χ0n) is 12.1. The highest BCUT2D eigenvalue weighted by atomic mass is 15.2. The first-order valence-corrected chi connectivity index (χ1v) is 7.77. The van der Waals surface area contributed by atoms with E-state index in [0.717, 1.165) is 31.9 Å². The molecule has 0 aliphatic carbocycles. The first-order chi connectivity index (χ1) is 10.4. The van der Waals surface area contributed by atoms with Crippen molar-refractivity contribution in [2.45, 2.75) is 31.8 Å². The molecule has 1 N–H and O–H groups in total. The van der Waals surface area contributed by atoms with E-state index in [1.807, 2.05) is 12.3 Å². The molecule has 1 aromatic carbocycles. The summed E-state index contributed by atoms with van der Waals surface area (Å²) in [7, 11) is 0. The predicted molar refractivity (Wildman–Crippen MR) is 83.2 cm³/mol. The molecule has 1 saturated heterocycles. The van der Waals surface area contributed by atoms with Gasteiger partial charge >= 0.3 is 0 Å². The summed E-state index contributed by atoms with van der Waals surface area (Å²) >= 11 is 0. The minimum Gasteiger partial charge on any atom is -0.352 e. The third kappa shape index (κ3) is 2.40. The molecule has 2 aliphatic rings. The smallest absolute Gasteiger partial charge is 0.132 e. The van der Waals surface area contributed by atoms with Gasteiger partial charge in [0.25, 0.3) is 0 Å². The van der Waals surface area contributed by atoms with Crippen molar-refractivity contribution >= 4 is 5.82 Å². The molecule has 108 valence electrons. The number of fused-ring (bicyclic) bond motifs is 1. The summed E-state index contributed by atoms with van der Waals surface area (Å²) in [5.41, 5.74) is 4.50. The minimum atomic E-state index is 0.533. The summed E-state index contributed by atoms with van der Waals surface area (Å²) in [5, 5.41) is 3.63. The predicted octanol–water partition coefficient (Wildman–Crippen LogP) is 2.46. The van der Waals surface area contributed by atoms with E-state index in [0.29, 0.717) is 6.04 Å². The van der Waals surface area contributed by atoms with Crippen LogP contribution >= 0.6 is 0 Å². The Morgan fingerprint density at radius 1 is 1.24 bits per heavy atom. The highest BCUT2D eigenvalue weighted by molar-refractivity contribution is 5.47. The van der Waals surface area contributed by atoms with E-state index in [9.17, 15) is 0 Å². The van der Waals surface area contributed by atoms with Crippen LogP contribution in [0.25, 0.3) is 0 Å². The van der Waals surface area contributed by atoms with Crippen LogP contribution < -0.4 is 10.2 Å². The van der Waals surface area contributed by atoms with Gasteiger partial charge in [-0.1, -0.05) is 18.2 Å². The molecular formula is C17H20N4. The molecule has 3 heterocycles. The third-order valence-corrected chi connectivity index (χ3v) is 4.64. The van der Waals surface area contributed by atoms with Gasteiger partial charge in [0.15, 0.2) is 0 Å². The van der Waals surface area contributed by atoms with Crippen molar-refractivity contribution in [1.82, 2.24) is 15.3 Å². The Kier molecular flexibility index (Phi) is 3.31. The maximum atomic E-state index is 4.40. The summed E-state index contributed by atoms with van der Waals surface area (Å²) in [4.78, 5) is 10.8. The second-order valence-corrected chi connectivity index (χ2v) is 5.87. The second-order valence-electron chi connectivity index (χ2n) is 5.87. The van der Waals surface area contributed by atoms with Crippen molar-refractivity contribution in [3.8, 4) is 0 Å². The molecule has 4 rings (SSSR count). The van der Waals surface area contributed by atoms with E-state index >= 15 is 0 Å². The molecule has 2 aromatic rings. The number of aromatic nitrogens is 2. The molecule has 4 heteroatoms. The molecule has 2 aliphatic heterocycles. The van der Waals surface area contributed by atoms with Gasteiger partial charge in [0.2, 0.25) is 0 Å². The Labute approximate surface area is 125 Å². The van der Waals surface area contributed by atoms with Crippen LogP contribution in [0.15, 0.2) is 36.8 Å². The highest BCUT2D eigenvalue weighted by Crippen LogP contribution is 2.32. The van der Waals surface area contributed by atoms with Gasteiger partial charge in [-0.3, -0.25) is 0 Å². The fraction of sp³-hybridized carbons (Fsp3) is 0.412. The van der Waals surface area contributed by atoms with Gasteiger partial charge in [-0.2, -0.15) is 0 Å². The minimum absolute atomic E-state index is 0.533. The van der Waals surface area contributed by atoms with Crippen molar-refractivity contribution in [2.24, 2.45) is 0 Å². The maximum Gasteiger partial charge on any atom is 0.132 e. The van der Waals surface area contributed by atoms with Crippen LogP contribution in [-0.4, -0.2) is 23.1 Å². The lowest BCUT2D eigenvalue weighted by atomic mass is 9.90. The SMILES string of the molecule is c1cc2c(c(C3CCCN3)c1)CN(c1ccncn1)CC2. The summed E-state index contributed by atoms with van der Waals surface area (Å²) < 4.78 is 0. The van der Waals surface area contributed by atoms with Crippen LogP contribution in [0.2, 0.25) is 0 Å². The molecule has 1 unspecified atom stereocenters. The Bertz CT molecular complexity index is 620. The molecule has 21 heavy (non-hydrogen) atoms. The van der Waals surface area contributed by atoms with E-state index in [4.69, 9.17) is 0 Å². The van der Waals surface area contributed by atoms with Gasteiger partial charge in [0, 0.05) is 25.3 Å². The summed E-state index contributed by atoms with van der Waals surface area (Å²) in [6.45, 7) is 3.14. The second kappa shape index (κ2) is 5.45. The van der Waals surface area contributed by atoms with Crippen molar-refractivity contribution in [2.75, 3.05) is 18.0 Å². The lowest BCUT2D eigenvalue weighted by molar-refractivity contribution is 0.623. The monoisotopic (exact) mass is 280 g/mol. The van der Waals surface area contributed by atoms with E-state index < -0.39 is 0 Å². The number of nitrogens with one attached hydrogen (secondary N) is 1. The zero-order valence-corrected chi connectivity index (χ0v) is 12.1. The van der Waals surface area contributed by atoms with Crippen LogP contribution in [0.3, 0.4) is 0 Å². The van der Waals surface area contributed by atoms with Crippen molar-refractivity contribution in [3.05, 3.63) is 53.5 Å². The summed E-state index contributed by atoms with van der Waals surface area (Å²) in [6, 6.07) is 9.33. The molecule has 0 amide bonds. The molecule has 1 atom stereocenters. The fourth-order valence-electron chi connectivity index (χ4n) is 3.55. The molecule has 1 fully saturated rings. The molecule has 1 aromatic heterocycles. The van der Waals surface area contributed by atoms with Gasteiger partial charge in [-0.05, 0) is 48.6 Å². The van der Waals surface area contributed by atoms with Crippen molar-refractivity contribution in [1.29, 1.82) is 0 Å². The van der Waals surface area contributed by atoms with Crippen molar-refractivity contribution < 1.29 is 0 Å². The molecule has 0 saturated carbocycles. The molecule has 0 radical (unpaired) electrons. The van der Waals surface area contributed by atoms with Crippen LogP contribution in [0.5, 0.6) is 0 Å². The average molecular weight is 280 g/mol. The summed E-state index contributed by atoms with van der Waals surface area (Å²) in [6.07, 6.45) is 7.09. The van der Waals surface area contributed by atoms with E-state index in [2.05, 4.69) is 38.4 Å².